The Morgan fingerprint density at radius 1 is 1.24 bits per heavy atom. The monoisotopic (exact) mass is 361 g/mol. The van der Waals surface area contributed by atoms with Gasteiger partial charge in [0.1, 0.15) is 5.69 Å². The number of nitro benzene ring substituents is 1. The third-order valence-corrected chi connectivity index (χ3v) is 3.56. The van der Waals surface area contributed by atoms with Gasteiger partial charge in [0.25, 0.3) is 5.69 Å². The highest BCUT2D eigenvalue weighted by Gasteiger charge is 2.18. The third-order valence-electron chi connectivity index (χ3n) is 3.31. The topological polar surface area (TPSA) is 93.8 Å². The number of anilines is 1. The summed E-state index contributed by atoms with van der Waals surface area (Å²) in [5.41, 5.74) is 4.13. The molecule has 0 amide bonds. The Bertz CT molecular complexity index is 819. The predicted molar refractivity (Wildman–Crippen MR) is 96.3 cm³/mol. The summed E-state index contributed by atoms with van der Waals surface area (Å²) in [5, 5.41) is 16.0. The molecule has 2 aromatic carbocycles. The van der Waals surface area contributed by atoms with Gasteiger partial charge < -0.3 is 4.74 Å². The Morgan fingerprint density at radius 2 is 1.88 bits per heavy atom. The van der Waals surface area contributed by atoms with Crippen molar-refractivity contribution in [1.82, 2.24) is 0 Å². The van der Waals surface area contributed by atoms with Gasteiger partial charge in [-0.1, -0.05) is 23.7 Å². The number of rotatable bonds is 6. The molecule has 0 aliphatic heterocycles. The smallest absolute Gasteiger partial charge is 0.338 e. The maximum absolute atomic E-state index is 11.7. The van der Waals surface area contributed by atoms with Crippen molar-refractivity contribution in [2.45, 2.75) is 13.8 Å². The molecule has 25 heavy (non-hydrogen) atoms. The first-order valence-corrected chi connectivity index (χ1v) is 7.82. The number of hydrogen-bond donors (Lipinski definition) is 1. The zero-order chi connectivity index (χ0) is 18.4. The summed E-state index contributed by atoms with van der Waals surface area (Å²) in [6.07, 6.45) is 0. The van der Waals surface area contributed by atoms with E-state index in [4.69, 9.17) is 16.3 Å². The maximum atomic E-state index is 11.7. The van der Waals surface area contributed by atoms with Crippen LogP contribution >= 0.6 is 11.6 Å². The molecule has 0 saturated carbocycles. The number of esters is 1. The molecule has 0 fully saturated rings. The van der Waals surface area contributed by atoms with E-state index in [-0.39, 0.29) is 23.5 Å². The van der Waals surface area contributed by atoms with Gasteiger partial charge in [0.05, 0.1) is 22.8 Å². The van der Waals surface area contributed by atoms with Gasteiger partial charge in [0.15, 0.2) is 0 Å². The van der Waals surface area contributed by atoms with Gasteiger partial charge in [-0.15, -0.1) is 0 Å². The minimum Gasteiger partial charge on any atom is -0.462 e. The Kier molecular flexibility index (Phi) is 6.08. The van der Waals surface area contributed by atoms with E-state index in [0.717, 1.165) is 11.6 Å². The maximum Gasteiger partial charge on any atom is 0.338 e. The summed E-state index contributed by atoms with van der Waals surface area (Å²) in [4.78, 5) is 22.4. The minimum atomic E-state index is -0.613. The van der Waals surface area contributed by atoms with E-state index >= 15 is 0 Å². The number of hydrogen-bond acceptors (Lipinski definition) is 6. The van der Waals surface area contributed by atoms with Crippen molar-refractivity contribution in [1.29, 1.82) is 0 Å². The van der Waals surface area contributed by atoms with Crippen molar-refractivity contribution in [3.8, 4) is 0 Å². The number of ether oxygens (including phenoxy) is 1. The van der Waals surface area contributed by atoms with Crippen LogP contribution in [0.3, 0.4) is 0 Å². The molecule has 0 atom stereocenters. The lowest BCUT2D eigenvalue weighted by Gasteiger charge is -2.07. The normalized spacial score (nSPS) is 11.1. The van der Waals surface area contributed by atoms with Gasteiger partial charge in [0.2, 0.25) is 0 Å². The van der Waals surface area contributed by atoms with Crippen molar-refractivity contribution in [2.24, 2.45) is 5.10 Å². The molecule has 0 bridgehead atoms. The molecule has 7 nitrogen and oxygen atoms in total. The van der Waals surface area contributed by atoms with E-state index in [1.54, 1.807) is 38.1 Å². The van der Waals surface area contributed by atoms with Gasteiger partial charge in [-0.2, -0.15) is 5.10 Å². The van der Waals surface area contributed by atoms with E-state index in [9.17, 15) is 14.9 Å². The zero-order valence-corrected chi connectivity index (χ0v) is 14.4. The molecule has 0 unspecified atom stereocenters. The summed E-state index contributed by atoms with van der Waals surface area (Å²) < 4.78 is 4.85. The van der Waals surface area contributed by atoms with Crippen molar-refractivity contribution in [3.05, 3.63) is 68.7 Å². The molecule has 2 rings (SSSR count). The zero-order valence-electron chi connectivity index (χ0n) is 13.7. The number of hydrazone groups is 1. The van der Waals surface area contributed by atoms with E-state index < -0.39 is 10.9 Å². The fourth-order valence-electron chi connectivity index (χ4n) is 2.02. The molecular formula is C17H16ClN3O4. The second kappa shape index (κ2) is 8.25. The summed E-state index contributed by atoms with van der Waals surface area (Å²) >= 11 is 5.84. The summed E-state index contributed by atoms with van der Waals surface area (Å²) in [6, 6.07) is 11.1. The van der Waals surface area contributed by atoms with Crippen LogP contribution in [-0.2, 0) is 4.74 Å². The highest BCUT2D eigenvalue weighted by Crippen LogP contribution is 2.26. The number of nitrogens with one attached hydrogen (secondary N) is 1. The molecule has 0 spiro atoms. The molecule has 8 heteroatoms. The number of nitro groups is 1. The van der Waals surface area contributed by atoms with Crippen LogP contribution in [0, 0.1) is 10.1 Å². The molecule has 0 aliphatic carbocycles. The molecule has 2 aromatic rings. The van der Waals surface area contributed by atoms with Crippen LogP contribution in [-0.4, -0.2) is 23.2 Å². The van der Waals surface area contributed by atoms with E-state index in [1.165, 1.54) is 12.1 Å². The quantitative estimate of drug-likeness (QED) is 0.359. The van der Waals surface area contributed by atoms with E-state index in [2.05, 4.69) is 10.5 Å². The highest BCUT2D eigenvalue weighted by molar-refractivity contribution is 6.30. The first-order valence-electron chi connectivity index (χ1n) is 7.44. The Hall–Kier alpha value is -2.93. The second-order valence-electron chi connectivity index (χ2n) is 5.03. The van der Waals surface area contributed by atoms with Crippen LogP contribution in [0.5, 0.6) is 0 Å². The Morgan fingerprint density at radius 3 is 2.48 bits per heavy atom. The first kappa shape index (κ1) is 18.4. The van der Waals surface area contributed by atoms with E-state index in [1.807, 2.05) is 0 Å². The fraction of sp³-hybridized carbons (Fsp3) is 0.176. The third kappa shape index (κ3) is 4.77. The van der Waals surface area contributed by atoms with Crippen LogP contribution in [0.4, 0.5) is 11.4 Å². The van der Waals surface area contributed by atoms with Gasteiger partial charge in [0, 0.05) is 11.1 Å². The number of benzene rings is 2. The predicted octanol–water partition coefficient (Wildman–Crippen LogP) is 4.26. The average molecular weight is 362 g/mol. The lowest BCUT2D eigenvalue weighted by molar-refractivity contribution is -0.384. The average Bonchev–Trinajstić information content (AvgIpc) is 2.60. The largest absolute Gasteiger partial charge is 0.462 e. The van der Waals surface area contributed by atoms with Crippen molar-refractivity contribution in [3.63, 3.8) is 0 Å². The molecule has 0 aromatic heterocycles. The van der Waals surface area contributed by atoms with Gasteiger partial charge in [-0.25, -0.2) is 4.79 Å². The molecule has 0 aliphatic rings. The molecule has 130 valence electrons. The summed E-state index contributed by atoms with van der Waals surface area (Å²) in [5.74, 6) is -0.613. The number of halogens is 1. The van der Waals surface area contributed by atoms with Crippen LogP contribution in [0.1, 0.15) is 29.8 Å². The fourth-order valence-corrected chi connectivity index (χ4v) is 2.14. The van der Waals surface area contributed by atoms with Gasteiger partial charge in [-0.3, -0.25) is 15.5 Å². The van der Waals surface area contributed by atoms with Crippen LogP contribution in [0.25, 0.3) is 0 Å². The lowest BCUT2D eigenvalue weighted by atomic mass is 10.1. The van der Waals surface area contributed by atoms with Crippen molar-refractivity contribution >= 4 is 34.7 Å². The number of nitrogens with zero attached hydrogens (tertiary/aromatic N) is 2. The van der Waals surface area contributed by atoms with Crippen LogP contribution in [0.2, 0.25) is 5.02 Å². The van der Waals surface area contributed by atoms with Crippen molar-refractivity contribution in [2.75, 3.05) is 12.0 Å². The Labute approximate surface area is 149 Å². The van der Waals surface area contributed by atoms with E-state index in [0.29, 0.717) is 10.7 Å². The number of carbonyl (C=O) groups excluding carboxylic acids is 1. The molecule has 0 heterocycles. The lowest BCUT2D eigenvalue weighted by Crippen LogP contribution is -2.07. The molecular weight excluding hydrogens is 346 g/mol. The molecule has 1 N–H and O–H groups in total. The SMILES string of the molecule is CCOC(=O)c1ccc(NN=C(C)c2ccc(Cl)cc2)c([N+](=O)[O-])c1. The molecule has 0 radical (unpaired) electrons. The Balaban J connectivity index is 2.26. The van der Waals surface area contributed by atoms with Gasteiger partial charge >= 0.3 is 5.97 Å². The van der Waals surface area contributed by atoms with Gasteiger partial charge in [-0.05, 0) is 43.7 Å². The van der Waals surface area contributed by atoms with Crippen LogP contribution < -0.4 is 5.43 Å². The standard InChI is InChI=1S/C17H16ClN3O4/c1-3-25-17(22)13-6-9-15(16(10-13)21(23)24)20-19-11(2)12-4-7-14(18)8-5-12/h4-10,20H,3H2,1-2H3. The molecule has 0 saturated heterocycles. The second-order valence-corrected chi connectivity index (χ2v) is 5.46. The first-order chi connectivity index (χ1) is 11.9. The minimum absolute atomic E-state index is 0.109. The number of carbonyl (C=O) groups is 1. The summed E-state index contributed by atoms with van der Waals surface area (Å²) in [7, 11) is 0. The van der Waals surface area contributed by atoms with Crippen molar-refractivity contribution < 1.29 is 14.5 Å². The highest BCUT2D eigenvalue weighted by atomic mass is 35.5. The van der Waals surface area contributed by atoms with Crippen LogP contribution in [0.15, 0.2) is 47.6 Å². The summed E-state index contributed by atoms with van der Waals surface area (Å²) in [6.45, 7) is 3.61.